The smallest absolute Gasteiger partial charge is 0.0541 e. The van der Waals surface area contributed by atoms with Gasteiger partial charge in [-0.1, -0.05) is 194 Å². The predicted octanol–water partition coefficient (Wildman–Crippen LogP) is 18.2. The lowest BCUT2D eigenvalue weighted by atomic mass is 9.95. The van der Waals surface area contributed by atoms with Crippen molar-refractivity contribution in [1.29, 1.82) is 0 Å². The molecule has 69 heavy (non-hydrogen) atoms. The highest BCUT2D eigenvalue weighted by molar-refractivity contribution is 6.11. The summed E-state index contributed by atoms with van der Waals surface area (Å²) < 4.78 is 4.77. The minimum Gasteiger partial charge on any atom is -0.309 e. The van der Waals surface area contributed by atoms with Gasteiger partial charge >= 0.3 is 0 Å². The quantitative estimate of drug-likeness (QED) is 0.144. The molecule has 0 fully saturated rings. The molecule has 2 heteroatoms. The monoisotopic (exact) mass is 878 g/mol. The minimum absolute atomic E-state index is 1.14. The van der Waals surface area contributed by atoms with Gasteiger partial charge in [-0.2, -0.15) is 0 Å². The molecule has 2 aromatic heterocycles. The van der Waals surface area contributed by atoms with E-state index < -0.39 is 0 Å². The second kappa shape index (κ2) is 16.7. The van der Waals surface area contributed by atoms with Crippen LogP contribution in [0.3, 0.4) is 0 Å². The van der Waals surface area contributed by atoms with Crippen LogP contribution in [0.25, 0.3) is 122 Å². The Morgan fingerprint density at radius 2 is 0.478 bits per heavy atom. The molecule has 0 saturated heterocycles. The number of para-hydroxylation sites is 3. The molecule has 0 bridgehead atoms. The van der Waals surface area contributed by atoms with Crippen LogP contribution in [0.4, 0.5) is 0 Å². The maximum absolute atomic E-state index is 2.40. The van der Waals surface area contributed by atoms with Gasteiger partial charge in [-0.3, -0.25) is 0 Å². The molecule has 0 atom stereocenters. The van der Waals surface area contributed by atoms with E-state index in [0.29, 0.717) is 0 Å². The summed E-state index contributed by atoms with van der Waals surface area (Å²) in [5.41, 5.74) is 22.9. The number of hydrogen-bond donors (Lipinski definition) is 0. The Labute approximate surface area is 402 Å². The number of nitrogens with zero attached hydrogens (tertiary/aromatic N) is 2. The first kappa shape index (κ1) is 40.3. The Morgan fingerprint density at radius 3 is 0.884 bits per heavy atom. The van der Waals surface area contributed by atoms with Crippen LogP contribution in [-0.4, -0.2) is 9.13 Å². The minimum atomic E-state index is 1.14. The predicted molar refractivity (Wildman–Crippen MR) is 292 cm³/mol. The average molecular weight is 879 g/mol. The van der Waals surface area contributed by atoms with Crippen molar-refractivity contribution >= 4 is 43.6 Å². The highest BCUT2D eigenvalue weighted by Gasteiger charge is 2.15. The normalized spacial score (nSPS) is 11.6. The summed E-state index contributed by atoms with van der Waals surface area (Å²) in [4.78, 5) is 0. The summed E-state index contributed by atoms with van der Waals surface area (Å²) in [5, 5.41) is 5.04. The van der Waals surface area contributed by atoms with Gasteiger partial charge in [0.05, 0.1) is 22.1 Å². The van der Waals surface area contributed by atoms with Crippen molar-refractivity contribution in [3.8, 4) is 78.1 Å². The summed E-state index contributed by atoms with van der Waals surface area (Å²) in [7, 11) is 0. The summed E-state index contributed by atoms with van der Waals surface area (Å²) in [6, 6.07) is 95.5. The van der Waals surface area contributed by atoms with Gasteiger partial charge in [0.15, 0.2) is 0 Å². The van der Waals surface area contributed by atoms with E-state index in [1.54, 1.807) is 0 Å². The van der Waals surface area contributed by atoms with Gasteiger partial charge in [0, 0.05) is 32.9 Å². The lowest BCUT2D eigenvalue weighted by Gasteiger charge is -2.11. The third-order valence-corrected chi connectivity index (χ3v) is 14.0. The van der Waals surface area contributed by atoms with E-state index >= 15 is 0 Å². The van der Waals surface area contributed by atoms with Gasteiger partial charge in [0.2, 0.25) is 0 Å². The molecule has 13 rings (SSSR count). The van der Waals surface area contributed by atoms with Crippen LogP contribution in [0.5, 0.6) is 0 Å². The largest absolute Gasteiger partial charge is 0.309 e. The lowest BCUT2D eigenvalue weighted by molar-refractivity contribution is 1.18. The van der Waals surface area contributed by atoms with E-state index in [1.165, 1.54) is 116 Å². The van der Waals surface area contributed by atoms with Crippen LogP contribution in [0.2, 0.25) is 0 Å². The molecule has 324 valence electrons. The first-order valence-electron chi connectivity index (χ1n) is 23.8. The highest BCUT2D eigenvalue weighted by atomic mass is 15.0. The van der Waals surface area contributed by atoms with Crippen molar-refractivity contribution in [1.82, 2.24) is 9.13 Å². The molecular formula is C67H46N2. The summed E-state index contributed by atoms with van der Waals surface area (Å²) in [6.45, 7) is 2.13. The zero-order valence-corrected chi connectivity index (χ0v) is 38.2. The number of aryl methyl sites for hydroxylation is 1. The van der Waals surface area contributed by atoms with E-state index in [9.17, 15) is 0 Å². The van der Waals surface area contributed by atoms with Crippen molar-refractivity contribution in [2.45, 2.75) is 6.92 Å². The van der Waals surface area contributed by atoms with Crippen LogP contribution in [-0.2, 0) is 0 Å². The maximum Gasteiger partial charge on any atom is 0.0541 e. The van der Waals surface area contributed by atoms with Gasteiger partial charge in [0.1, 0.15) is 0 Å². The van der Waals surface area contributed by atoms with E-state index in [4.69, 9.17) is 0 Å². The molecule has 0 aliphatic carbocycles. The molecule has 0 spiro atoms. The van der Waals surface area contributed by atoms with Crippen LogP contribution in [0.1, 0.15) is 5.56 Å². The summed E-state index contributed by atoms with van der Waals surface area (Å²) in [5.74, 6) is 0. The SMILES string of the molecule is Cc1ccc(-c2cccc(-c3cccc(-c4ccc5c(c4)c4ccccc4n5-c4ccc(-c5cccc(-c6ccc(-c7ccc(-n8c9ccccc9c9ccccc98)cc7)cc6)c5)cc4)c3)c2)cc1. The lowest BCUT2D eigenvalue weighted by Crippen LogP contribution is -1.94. The molecule has 2 nitrogen and oxygen atoms in total. The molecule has 11 aromatic carbocycles. The molecular weight excluding hydrogens is 833 g/mol. The first-order valence-corrected chi connectivity index (χ1v) is 23.8. The average Bonchev–Trinajstić information content (AvgIpc) is 3.94. The standard InChI is InChI=1S/C67H46N2/c1-45-23-25-48(26-24-45)53-13-9-14-54(42-53)55-15-10-16-56(43-55)57-35-40-67-63(44-57)62-19-4-7-22-66(62)69(67)59-38-33-50(34-39-59)52-12-8-11-51(41-52)49-29-27-46(28-30-49)47-31-36-58(37-32-47)68-64-20-5-2-17-60(64)61-18-3-6-21-65(61)68/h2-44H,1H3. The summed E-state index contributed by atoms with van der Waals surface area (Å²) >= 11 is 0. The fourth-order valence-electron chi connectivity index (χ4n) is 10.5. The third-order valence-electron chi connectivity index (χ3n) is 14.0. The van der Waals surface area contributed by atoms with E-state index in [0.717, 1.165) is 11.4 Å². The fraction of sp³-hybridized carbons (Fsp3) is 0.0149. The van der Waals surface area contributed by atoms with E-state index in [2.05, 4.69) is 277 Å². The van der Waals surface area contributed by atoms with Crippen LogP contribution in [0.15, 0.2) is 261 Å². The fourth-order valence-corrected chi connectivity index (χ4v) is 10.5. The van der Waals surface area contributed by atoms with Crippen LogP contribution in [0, 0.1) is 6.92 Å². The van der Waals surface area contributed by atoms with Gasteiger partial charge in [-0.05, 0) is 146 Å². The Balaban J connectivity index is 0.760. The van der Waals surface area contributed by atoms with Gasteiger partial charge < -0.3 is 9.13 Å². The Bertz CT molecular complexity index is 3980. The van der Waals surface area contributed by atoms with E-state index in [-0.39, 0.29) is 0 Å². The second-order valence-corrected chi connectivity index (χ2v) is 18.2. The van der Waals surface area contributed by atoms with E-state index in [1.807, 2.05) is 0 Å². The van der Waals surface area contributed by atoms with Crippen molar-refractivity contribution < 1.29 is 0 Å². The zero-order valence-electron chi connectivity index (χ0n) is 38.2. The summed E-state index contributed by atoms with van der Waals surface area (Å²) in [6.07, 6.45) is 0. The molecule has 0 unspecified atom stereocenters. The number of benzene rings is 11. The topological polar surface area (TPSA) is 9.86 Å². The molecule has 2 heterocycles. The van der Waals surface area contributed by atoms with Crippen molar-refractivity contribution in [2.24, 2.45) is 0 Å². The first-order chi connectivity index (χ1) is 34.1. The van der Waals surface area contributed by atoms with Crippen LogP contribution >= 0.6 is 0 Å². The second-order valence-electron chi connectivity index (χ2n) is 18.2. The van der Waals surface area contributed by atoms with Crippen molar-refractivity contribution in [3.63, 3.8) is 0 Å². The Morgan fingerprint density at radius 1 is 0.203 bits per heavy atom. The number of fused-ring (bicyclic) bond motifs is 6. The molecule has 0 aliphatic heterocycles. The number of rotatable bonds is 8. The molecule has 0 radical (unpaired) electrons. The maximum atomic E-state index is 2.40. The Hall–Kier alpha value is -8.98. The molecule has 0 saturated carbocycles. The zero-order chi connectivity index (χ0) is 45.8. The number of aromatic nitrogens is 2. The molecule has 13 aromatic rings. The highest BCUT2D eigenvalue weighted by Crippen LogP contribution is 2.38. The molecule has 0 aliphatic rings. The molecule has 0 N–H and O–H groups in total. The number of hydrogen-bond acceptors (Lipinski definition) is 0. The van der Waals surface area contributed by atoms with Crippen molar-refractivity contribution in [3.05, 3.63) is 266 Å². The van der Waals surface area contributed by atoms with Gasteiger partial charge in [-0.25, -0.2) is 0 Å². The Kier molecular flexibility index (Phi) is 9.77. The van der Waals surface area contributed by atoms with Gasteiger partial charge in [-0.15, -0.1) is 0 Å². The third kappa shape index (κ3) is 7.22. The molecule has 0 amide bonds. The van der Waals surface area contributed by atoms with Gasteiger partial charge in [0.25, 0.3) is 0 Å². The van der Waals surface area contributed by atoms with Crippen molar-refractivity contribution in [2.75, 3.05) is 0 Å². The van der Waals surface area contributed by atoms with Crippen LogP contribution < -0.4 is 0 Å².